The van der Waals surface area contributed by atoms with Crippen molar-refractivity contribution in [1.29, 1.82) is 0 Å². The summed E-state index contributed by atoms with van der Waals surface area (Å²) < 4.78 is 0. The number of rotatable bonds is 2. The van der Waals surface area contributed by atoms with Gasteiger partial charge in [0.2, 0.25) is 0 Å². The van der Waals surface area contributed by atoms with Crippen LogP contribution in [0.1, 0.15) is 13.8 Å². The Morgan fingerprint density at radius 1 is 1.00 bits per heavy atom. The summed E-state index contributed by atoms with van der Waals surface area (Å²) in [6, 6.07) is 12.5. The van der Waals surface area contributed by atoms with Crippen molar-refractivity contribution < 1.29 is 0 Å². The third-order valence-electron chi connectivity index (χ3n) is 1.11. The molecule has 1 heteroatoms. The first kappa shape index (κ1) is 10.2. The normalized spacial score (nSPS) is 8.18. The lowest BCUT2D eigenvalue weighted by Gasteiger charge is -1.86. The Bertz CT molecular complexity index is 108. The van der Waals surface area contributed by atoms with Crippen LogP contribution in [0.4, 0.5) is 0 Å². The van der Waals surface area contributed by atoms with Gasteiger partial charge >= 0.3 is 0 Å². The zero-order chi connectivity index (χ0) is 8.36. The van der Waals surface area contributed by atoms with Crippen LogP contribution in [-0.4, -0.2) is 13.1 Å². The zero-order valence-electron chi connectivity index (χ0n) is 7.30. The first-order valence-corrected chi connectivity index (χ1v) is 4.03. The molecule has 1 radical (unpaired) electrons. The monoisotopic (exact) mass is 150 g/mol. The van der Waals surface area contributed by atoms with Gasteiger partial charge in [-0.25, -0.2) is 0 Å². The van der Waals surface area contributed by atoms with E-state index in [0.717, 1.165) is 13.1 Å². The average molecular weight is 150 g/mol. The summed E-state index contributed by atoms with van der Waals surface area (Å²) >= 11 is 0. The van der Waals surface area contributed by atoms with Crippen LogP contribution < -0.4 is 5.32 Å². The van der Waals surface area contributed by atoms with Crippen molar-refractivity contribution in [2.24, 2.45) is 0 Å². The molecule has 0 bridgehead atoms. The second-order valence-electron chi connectivity index (χ2n) is 2.03. The highest BCUT2D eigenvalue weighted by Gasteiger charge is 1.62. The molecule has 61 valence electrons. The maximum absolute atomic E-state index is 3.11. The molecule has 0 atom stereocenters. The Morgan fingerprint density at radius 2 is 1.55 bits per heavy atom. The van der Waals surface area contributed by atoms with E-state index in [1.807, 2.05) is 30.3 Å². The quantitative estimate of drug-likeness (QED) is 0.680. The fourth-order valence-electron chi connectivity index (χ4n) is 0.592. The molecule has 0 unspecified atom stereocenters. The van der Waals surface area contributed by atoms with E-state index in [0.29, 0.717) is 0 Å². The highest BCUT2D eigenvalue weighted by Crippen LogP contribution is 1.78. The number of hydrogen-bond acceptors (Lipinski definition) is 1. The highest BCUT2D eigenvalue weighted by atomic mass is 14.8. The highest BCUT2D eigenvalue weighted by molar-refractivity contribution is 4.97. The first-order valence-electron chi connectivity index (χ1n) is 4.03. The van der Waals surface area contributed by atoms with Gasteiger partial charge in [-0.15, -0.1) is 0 Å². The van der Waals surface area contributed by atoms with Gasteiger partial charge in [-0.1, -0.05) is 44.2 Å². The largest absolute Gasteiger partial charge is 0.317 e. The second-order valence-corrected chi connectivity index (χ2v) is 2.03. The molecule has 1 rings (SSSR count). The second kappa shape index (κ2) is 9.18. The number of hydrogen-bond donors (Lipinski definition) is 1. The summed E-state index contributed by atoms with van der Waals surface area (Å²) in [5.41, 5.74) is 0. The van der Waals surface area contributed by atoms with Gasteiger partial charge in [0.1, 0.15) is 0 Å². The van der Waals surface area contributed by atoms with Gasteiger partial charge in [0, 0.05) is 0 Å². The lowest BCUT2D eigenvalue weighted by molar-refractivity contribution is 0.762. The van der Waals surface area contributed by atoms with Crippen molar-refractivity contribution in [2.45, 2.75) is 13.8 Å². The molecule has 0 aliphatic carbocycles. The lowest BCUT2D eigenvalue weighted by atomic mass is 10.4. The van der Waals surface area contributed by atoms with E-state index in [1.54, 1.807) is 0 Å². The zero-order valence-corrected chi connectivity index (χ0v) is 7.30. The van der Waals surface area contributed by atoms with E-state index in [9.17, 15) is 0 Å². The summed E-state index contributed by atoms with van der Waals surface area (Å²) in [6.07, 6.45) is 0. The van der Waals surface area contributed by atoms with Crippen molar-refractivity contribution in [2.75, 3.05) is 13.1 Å². The molecule has 1 aromatic carbocycles. The van der Waals surface area contributed by atoms with Gasteiger partial charge in [-0.05, 0) is 19.2 Å². The molecular weight excluding hydrogens is 134 g/mol. The molecule has 1 nitrogen and oxygen atoms in total. The van der Waals surface area contributed by atoms with Gasteiger partial charge in [-0.2, -0.15) is 0 Å². The summed E-state index contributed by atoms with van der Waals surface area (Å²) in [4.78, 5) is 0. The maximum Gasteiger partial charge on any atom is -0.00775 e. The number of benzene rings is 1. The Hall–Kier alpha value is -0.820. The molecule has 11 heavy (non-hydrogen) atoms. The van der Waals surface area contributed by atoms with Crippen molar-refractivity contribution in [3.63, 3.8) is 0 Å². The Labute approximate surface area is 69.4 Å². The van der Waals surface area contributed by atoms with E-state index >= 15 is 0 Å². The molecule has 0 spiro atoms. The van der Waals surface area contributed by atoms with Crippen LogP contribution in [0.5, 0.6) is 0 Å². The smallest absolute Gasteiger partial charge is 0.00775 e. The van der Waals surface area contributed by atoms with Gasteiger partial charge in [0.25, 0.3) is 0 Å². The maximum atomic E-state index is 3.11. The van der Waals surface area contributed by atoms with Gasteiger partial charge < -0.3 is 5.32 Å². The fraction of sp³-hybridized carbons (Fsp3) is 0.400. The fourth-order valence-corrected chi connectivity index (χ4v) is 0.592. The van der Waals surface area contributed by atoms with Crippen molar-refractivity contribution >= 4 is 0 Å². The standard InChI is InChI=1S/C6H5.C4H11N/c1-2-4-6-5-3-1;1-3-5-4-2/h1-5H;5H,3-4H2,1-2H3. The van der Waals surface area contributed by atoms with Crippen LogP contribution in [0.15, 0.2) is 30.3 Å². The minimum atomic E-state index is 1.09. The molecule has 1 aromatic rings. The molecule has 0 saturated heterocycles. The SMILES string of the molecule is CCNCC.[c]1ccccc1. The first-order chi connectivity index (χ1) is 5.41. The molecule has 0 aliphatic rings. The molecule has 1 N–H and O–H groups in total. The van der Waals surface area contributed by atoms with E-state index in [1.165, 1.54) is 0 Å². The Balaban J connectivity index is 0.000000187. The summed E-state index contributed by atoms with van der Waals surface area (Å²) in [7, 11) is 0. The van der Waals surface area contributed by atoms with Crippen LogP contribution in [0.2, 0.25) is 0 Å². The van der Waals surface area contributed by atoms with Crippen molar-refractivity contribution in [1.82, 2.24) is 5.32 Å². The Kier molecular flexibility index (Phi) is 8.50. The summed E-state index contributed by atoms with van der Waals surface area (Å²) in [6.45, 7) is 6.39. The summed E-state index contributed by atoms with van der Waals surface area (Å²) in [5.74, 6) is 0. The van der Waals surface area contributed by atoms with E-state index < -0.39 is 0 Å². The molecule has 0 amide bonds. The molecule has 0 fully saturated rings. The van der Waals surface area contributed by atoms with Crippen molar-refractivity contribution in [3.8, 4) is 0 Å². The molecule has 0 aromatic heterocycles. The van der Waals surface area contributed by atoms with Crippen LogP contribution >= 0.6 is 0 Å². The third-order valence-corrected chi connectivity index (χ3v) is 1.11. The molecule has 0 aliphatic heterocycles. The van der Waals surface area contributed by atoms with Crippen molar-refractivity contribution in [3.05, 3.63) is 36.4 Å². The molecular formula is C10H16N. The van der Waals surface area contributed by atoms with Crippen LogP contribution in [0.25, 0.3) is 0 Å². The van der Waals surface area contributed by atoms with Gasteiger partial charge in [0.15, 0.2) is 0 Å². The van der Waals surface area contributed by atoms with Crippen LogP contribution in [0, 0.1) is 6.07 Å². The van der Waals surface area contributed by atoms with Crippen LogP contribution in [0.3, 0.4) is 0 Å². The van der Waals surface area contributed by atoms with Crippen LogP contribution in [-0.2, 0) is 0 Å². The predicted octanol–water partition coefficient (Wildman–Crippen LogP) is 2.10. The van der Waals surface area contributed by atoms with Gasteiger partial charge in [-0.3, -0.25) is 0 Å². The van der Waals surface area contributed by atoms with E-state index in [-0.39, 0.29) is 0 Å². The van der Waals surface area contributed by atoms with Gasteiger partial charge in [0.05, 0.1) is 0 Å². The predicted molar refractivity (Wildman–Crippen MR) is 49.5 cm³/mol. The molecule has 0 heterocycles. The average Bonchev–Trinajstić information content (AvgIpc) is 2.10. The third kappa shape index (κ3) is 9.18. The Morgan fingerprint density at radius 3 is 1.64 bits per heavy atom. The number of nitrogens with one attached hydrogen (secondary N) is 1. The summed E-state index contributed by atoms with van der Waals surface area (Å²) in [5, 5.41) is 3.11. The lowest BCUT2D eigenvalue weighted by Crippen LogP contribution is -2.09. The minimum Gasteiger partial charge on any atom is -0.317 e. The van der Waals surface area contributed by atoms with E-state index in [4.69, 9.17) is 0 Å². The van der Waals surface area contributed by atoms with E-state index in [2.05, 4.69) is 25.2 Å². The topological polar surface area (TPSA) is 12.0 Å². The molecule has 0 saturated carbocycles. The minimum absolute atomic E-state index is 1.09.